The second kappa shape index (κ2) is 68.1. The molecule has 0 rings (SSSR count). The number of carbonyl (C=O) groups excluding carboxylic acids is 4. The van der Waals surface area contributed by atoms with Gasteiger partial charge in [0.1, 0.15) is 19.3 Å². The predicted octanol–water partition coefficient (Wildman–Crippen LogP) is 21.4. The summed E-state index contributed by atoms with van der Waals surface area (Å²) in [5.74, 6) is -2.14. The lowest BCUT2D eigenvalue weighted by Crippen LogP contribution is -2.30. The number of phosphoric ester groups is 2. The Kier molecular flexibility index (Phi) is 66.3. The van der Waals surface area contributed by atoms with Crippen molar-refractivity contribution in [2.24, 2.45) is 0 Å². The predicted molar refractivity (Wildman–Crippen MR) is 377 cm³/mol. The molecule has 0 aromatic heterocycles. The lowest BCUT2D eigenvalue weighted by Gasteiger charge is -2.21. The van der Waals surface area contributed by atoms with E-state index in [0.29, 0.717) is 25.7 Å². The van der Waals surface area contributed by atoms with Crippen molar-refractivity contribution in [3.63, 3.8) is 0 Å². The van der Waals surface area contributed by atoms with Gasteiger partial charge in [-0.3, -0.25) is 37.3 Å². The van der Waals surface area contributed by atoms with Crippen molar-refractivity contribution in [2.45, 2.75) is 386 Å². The lowest BCUT2D eigenvalue weighted by molar-refractivity contribution is -0.161. The van der Waals surface area contributed by atoms with Crippen molar-refractivity contribution in [2.75, 3.05) is 39.6 Å². The van der Waals surface area contributed by atoms with Crippen molar-refractivity contribution >= 4 is 39.5 Å². The molecule has 0 saturated heterocycles. The van der Waals surface area contributed by atoms with E-state index in [1.54, 1.807) is 0 Å². The Labute approximate surface area is 567 Å². The molecule has 0 aromatic carbocycles. The highest BCUT2D eigenvalue weighted by atomic mass is 31.2. The van der Waals surface area contributed by atoms with E-state index in [9.17, 15) is 43.2 Å². The number of hydrogen-bond donors (Lipinski definition) is 3. The van der Waals surface area contributed by atoms with Gasteiger partial charge in [-0.15, -0.1) is 0 Å². The number of allylic oxidation sites excluding steroid dienone is 4. The van der Waals surface area contributed by atoms with Gasteiger partial charge in [-0.25, -0.2) is 9.13 Å². The van der Waals surface area contributed by atoms with Crippen molar-refractivity contribution in [1.82, 2.24) is 0 Å². The summed E-state index contributed by atoms with van der Waals surface area (Å²) in [7, 11) is -9.91. The van der Waals surface area contributed by atoms with Crippen molar-refractivity contribution in [3.8, 4) is 0 Å². The summed E-state index contributed by atoms with van der Waals surface area (Å²) in [6.45, 7) is 4.90. The smallest absolute Gasteiger partial charge is 0.462 e. The third-order valence-corrected chi connectivity index (χ3v) is 18.6. The quantitative estimate of drug-likeness (QED) is 0.0169. The number of aliphatic hydroxyl groups is 1. The largest absolute Gasteiger partial charge is 0.472 e. The van der Waals surface area contributed by atoms with Gasteiger partial charge in [0.25, 0.3) is 0 Å². The van der Waals surface area contributed by atoms with Crippen LogP contribution >= 0.6 is 15.6 Å². The van der Waals surface area contributed by atoms with Crippen LogP contribution in [0.1, 0.15) is 368 Å². The van der Waals surface area contributed by atoms with Gasteiger partial charge in [-0.2, -0.15) is 0 Å². The molecule has 0 saturated carbocycles. The van der Waals surface area contributed by atoms with E-state index in [1.165, 1.54) is 180 Å². The molecule has 3 N–H and O–H groups in total. The summed E-state index contributed by atoms with van der Waals surface area (Å²) in [4.78, 5) is 72.7. The lowest BCUT2D eigenvalue weighted by atomic mass is 10.0. The molecule has 0 aliphatic heterocycles. The molecule has 0 spiro atoms. The molecule has 0 aliphatic carbocycles. The first kappa shape index (κ1) is 90.5. The molecule has 548 valence electrons. The van der Waals surface area contributed by atoms with Gasteiger partial charge in [0, 0.05) is 25.7 Å². The Morgan fingerprint density at radius 3 is 0.785 bits per heavy atom. The zero-order valence-electron chi connectivity index (χ0n) is 59.7. The maximum atomic E-state index is 13.1. The minimum atomic E-state index is -4.96. The van der Waals surface area contributed by atoms with Crippen LogP contribution in [-0.4, -0.2) is 96.7 Å². The van der Waals surface area contributed by atoms with Crippen LogP contribution in [0, 0.1) is 0 Å². The number of rotatable bonds is 73. The summed E-state index contributed by atoms with van der Waals surface area (Å²) in [5.41, 5.74) is 0. The maximum Gasteiger partial charge on any atom is 0.472 e. The van der Waals surface area contributed by atoms with E-state index in [2.05, 4.69) is 52.0 Å². The van der Waals surface area contributed by atoms with E-state index in [1.807, 2.05) is 0 Å². The molecule has 0 fully saturated rings. The molecule has 0 radical (unpaired) electrons. The van der Waals surface area contributed by atoms with Gasteiger partial charge in [-0.05, 0) is 51.4 Å². The number of phosphoric acid groups is 2. The Bertz CT molecular complexity index is 1870. The van der Waals surface area contributed by atoms with Gasteiger partial charge < -0.3 is 33.8 Å². The Balaban J connectivity index is 5.28. The molecule has 2 unspecified atom stereocenters. The Hall–Kier alpha value is -2.46. The standard InChI is InChI=1S/C74H140O17P2/c1-5-9-13-17-21-25-29-31-33-35-37-41-45-49-53-57-61-74(79)91-70(65-85-72(77)59-55-51-47-43-40-36-34-32-30-26-22-18-14-10-6-2)67-89-93(82,83)87-63-68(75)62-86-92(80,81)88-66-69(90-73(78)60-56-52-48-44-39-28-24-20-16-12-8-4)64-84-71(76)58-54-50-46-42-38-27-23-19-15-11-7-3/h26,30,32,34,68-70,75H,5-25,27-29,31,33,35-67H2,1-4H3,(H,80,81)(H,82,83)/b30-26-,34-32-/t68-,69+,70+/m0/s1. The molecular weight excluding hydrogens is 1220 g/mol. The first-order chi connectivity index (χ1) is 45.2. The summed E-state index contributed by atoms with van der Waals surface area (Å²) < 4.78 is 68.4. The fourth-order valence-corrected chi connectivity index (χ4v) is 12.4. The zero-order chi connectivity index (χ0) is 68.2. The SMILES string of the molecule is CCCCCC/C=C\C=C/CCCCCCCC(=O)OC[C@H](COP(=O)(O)OC[C@@H](O)COP(=O)(O)OC[C@@H](COC(=O)CCCCCCCCCCCCC)OC(=O)CCCCCCCCCCCCC)OC(=O)CCCCCCCCCCCCCCCCCC. The molecule has 93 heavy (non-hydrogen) atoms. The van der Waals surface area contributed by atoms with E-state index >= 15 is 0 Å². The first-order valence-corrected chi connectivity index (χ1v) is 41.1. The highest BCUT2D eigenvalue weighted by Gasteiger charge is 2.30. The minimum Gasteiger partial charge on any atom is -0.462 e. The molecule has 5 atom stereocenters. The molecule has 0 amide bonds. The normalized spacial score (nSPS) is 14.1. The second-order valence-corrected chi connectivity index (χ2v) is 28.9. The van der Waals surface area contributed by atoms with Crippen LogP contribution < -0.4 is 0 Å². The topological polar surface area (TPSA) is 237 Å². The van der Waals surface area contributed by atoms with Crippen molar-refractivity contribution in [1.29, 1.82) is 0 Å². The maximum absolute atomic E-state index is 13.1. The van der Waals surface area contributed by atoms with Gasteiger partial charge in [-0.1, -0.05) is 315 Å². The Morgan fingerprint density at radius 2 is 0.516 bits per heavy atom. The van der Waals surface area contributed by atoms with Crippen LogP contribution in [0.5, 0.6) is 0 Å². The average molecular weight is 1360 g/mol. The van der Waals surface area contributed by atoms with Crippen LogP contribution in [0.3, 0.4) is 0 Å². The molecule has 0 heterocycles. The molecular formula is C74H140O17P2. The monoisotopic (exact) mass is 1360 g/mol. The third-order valence-electron chi connectivity index (χ3n) is 16.7. The van der Waals surface area contributed by atoms with Gasteiger partial charge >= 0.3 is 39.5 Å². The van der Waals surface area contributed by atoms with Crippen LogP contribution in [0.2, 0.25) is 0 Å². The minimum absolute atomic E-state index is 0.102. The fraction of sp³-hybridized carbons (Fsp3) is 0.892. The number of hydrogen-bond acceptors (Lipinski definition) is 15. The van der Waals surface area contributed by atoms with Crippen LogP contribution in [-0.2, 0) is 65.4 Å². The average Bonchev–Trinajstić information content (AvgIpc) is 1.88. The fourth-order valence-electron chi connectivity index (χ4n) is 10.9. The third kappa shape index (κ3) is 67.9. The summed E-state index contributed by atoms with van der Waals surface area (Å²) in [6, 6.07) is 0. The van der Waals surface area contributed by atoms with Gasteiger partial charge in [0.05, 0.1) is 26.4 Å². The van der Waals surface area contributed by atoms with E-state index in [0.717, 1.165) is 109 Å². The second-order valence-electron chi connectivity index (χ2n) is 26.0. The zero-order valence-corrected chi connectivity index (χ0v) is 61.5. The highest BCUT2D eigenvalue weighted by Crippen LogP contribution is 2.45. The number of carbonyl (C=O) groups is 4. The van der Waals surface area contributed by atoms with Crippen LogP contribution in [0.15, 0.2) is 24.3 Å². The highest BCUT2D eigenvalue weighted by molar-refractivity contribution is 7.47. The molecule has 0 bridgehead atoms. The number of ether oxygens (including phenoxy) is 4. The van der Waals surface area contributed by atoms with E-state index in [-0.39, 0.29) is 25.7 Å². The van der Waals surface area contributed by atoms with Crippen molar-refractivity contribution < 1.29 is 80.2 Å². The van der Waals surface area contributed by atoms with Crippen molar-refractivity contribution in [3.05, 3.63) is 24.3 Å². The molecule has 0 aliphatic rings. The summed E-state index contributed by atoms with van der Waals surface area (Å²) >= 11 is 0. The summed E-state index contributed by atoms with van der Waals surface area (Å²) in [6.07, 6.45) is 60.3. The van der Waals surface area contributed by atoms with Gasteiger partial charge in [0.2, 0.25) is 0 Å². The summed E-state index contributed by atoms with van der Waals surface area (Å²) in [5, 5.41) is 10.6. The Morgan fingerprint density at radius 1 is 0.301 bits per heavy atom. The van der Waals surface area contributed by atoms with Gasteiger partial charge in [0.15, 0.2) is 12.2 Å². The molecule has 17 nitrogen and oxygen atoms in total. The van der Waals surface area contributed by atoms with E-state index in [4.69, 9.17) is 37.0 Å². The van der Waals surface area contributed by atoms with Crippen LogP contribution in [0.25, 0.3) is 0 Å². The van der Waals surface area contributed by atoms with Crippen LogP contribution in [0.4, 0.5) is 0 Å². The molecule has 19 heteroatoms. The first-order valence-electron chi connectivity index (χ1n) is 38.1. The molecule has 0 aromatic rings. The number of esters is 4. The number of aliphatic hydroxyl groups excluding tert-OH is 1. The van der Waals surface area contributed by atoms with E-state index < -0.39 is 97.5 Å². The number of unbranched alkanes of at least 4 members (excludes halogenated alkanes) is 44.